The van der Waals surface area contributed by atoms with Gasteiger partial charge in [-0.05, 0) is 36.8 Å². The predicted octanol–water partition coefficient (Wildman–Crippen LogP) is 6.30. The molecule has 1 atom stereocenters. The fourth-order valence-electron chi connectivity index (χ4n) is 3.92. The van der Waals surface area contributed by atoms with Crippen LogP contribution in [0, 0.1) is 11.8 Å². The number of aliphatic hydroxyl groups excluding tert-OH is 1. The normalized spacial score (nSPS) is 11.1. The van der Waals surface area contributed by atoms with Crippen molar-refractivity contribution in [3.05, 3.63) is 137 Å². The summed E-state index contributed by atoms with van der Waals surface area (Å²) >= 11 is 0. The van der Waals surface area contributed by atoms with Crippen molar-refractivity contribution in [1.29, 1.82) is 0 Å². The van der Waals surface area contributed by atoms with E-state index in [9.17, 15) is 5.11 Å². The van der Waals surface area contributed by atoms with E-state index in [1.165, 1.54) is 0 Å². The molecule has 0 aliphatic heterocycles. The molecule has 1 unspecified atom stereocenters. The summed E-state index contributed by atoms with van der Waals surface area (Å²) in [5, 5.41) is 19.7. The zero-order chi connectivity index (χ0) is 29.7. The van der Waals surface area contributed by atoms with E-state index in [2.05, 4.69) is 11.8 Å². The van der Waals surface area contributed by atoms with Crippen molar-refractivity contribution in [3.63, 3.8) is 0 Å². The quantitative estimate of drug-likeness (QED) is 0.137. The molecule has 220 valence electrons. The lowest BCUT2D eigenvalue weighted by Gasteiger charge is -2.19. The molecular formula is C36H40O6. The van der Waals surface area contributed by atoms with Crippen molar-refractivity contribution in [2.75, 3.05) is 39.6 Å². The number of aliphatic hydroxyl groups is 1. The van der Waals surface area contributed by atoms with Gasteiger partial charge in [0.05, 0.1) is 46.2 Å². The molecule has 0 fully saturated rings. The van der Waals surface area contributed by atoms with Crippen LogP contribution < -0.4 is 0 Å². The van der Waals surface area contributed by atoms with Crippen molar-refractivity contribution in [2.24, 2.45) is 0 Å². The standard InChI is InChI=1S/C30H34O6.C6H6/c1-2-33-21-27-19-25(14-13-24-9-5-3-6-10-24)20-28(30(27)32)22-35-23-29(26-11-7-4-8-12-26)36-18-17-34-16-15-31;1-2-4-6-5-3-1/h3-12,19-20,29,31-32H,2,15-18,21-23H2,1H3;1-6H. The van der Waals surface area contributed by atoms with E-state index in [0.717, 1.165) is 16.7 Å². The highest BCUT2D eigenvalue weighted by molar-refractivity contribution is 5.50. The van der Waals surface area contributed by atoms with Crippen LogP contribution in [0.25, 0.3) is 0 Å². The maximum Gasteiger partial charge on any atom is 0.126 e. The first-order valence-electron chi connectivity index (χ1n) is 14.1. The summed E-state index contributed by atoms with van der Waals surface area (Å²) in [6.07, 6.45) is -0.296. The summed E-state index contributed by atoms with van der Waals surface area (Å²) in [4.78, 5) is 0. The number of hydrogen-bond acceptors (Lipinski definition) is 6. The molecule has 4 aromatic rings. The minimum Gasteiger partial charge on any atom is -0.507 e. The van der Waals surface area contributed by atoms with Gasteiger partial charge in [0.15, 0.2) is 0 Å². The number of phenolic OH excluding ortho intramolecular Hbond substituents is 1. The highest BCUT2D eigenvalue weighted by Crippen LogP contribution is 2.27. The third kappa shape index (κ3) is 12.3. The summed E-state index contributed by atoms with van der Waals surface area (Å²) in [5.74, 6) is 6.51. The Hall–Kier alpha value is -3.96. The molecule has 0 aromatic heterocycles. The van der Waals surface area contributed by atoms with Crippen LogP contribution in [0.15, 0.2) is 109 Å². The van der Waals surface area contributed by atoms with E-state index >= 15 is 0 Å². The lowest BCUT2D eigenvalue weighted by molar-refractivity contribution is -0.0461. The topological polar surface area (TPSA) is 77.4 Å². The zero-order valence-corrected chi connectivity index (χ0v) is 24.2. The predicted molar refractivity (Wildman–Crippen MR) is 165 cm³/mol. The number of rotatable bonds is 14. The third-order valence-corrected chi connectivity index (χ3v) is 6.00. The molecule has 0 heterocycles. The summed E-state index contributed by atoms with van der Waals surface area (Å²) in [5.41, 5.74) is 4.00. The average Bonchev–Trinajstić information content (AvgIpc) is 3.05. The molecule has 0 spiro atoms. The number of aromatic hydroxyl groups is 1. The maximum atomic E-state index is 10.9. The van der Waals surface area contributed by atoms with Gasteiger partial charge in [0, 0.05) is 28.9 Å². The molecule has 2 N–H and O–H groups in total. The number of phenols is 1. The van der Waals surface area contributed by atoms with Gasteiger partial charge in [0.2, 0.25) is 0 Å². The van der Waals surface area contributed by atoms with Gasteiger partial charge >= 0.3 is 0 Å². The van der Waals surface area contributed by atoms with Crippen molar-refractivity contribution >= 4 is 0 Å². The molecule has 0 radical (unpaired) electrons. The van der Waals surface area contributed by atoms with Crippen LogP contribution >= 0.6 is 0 Å². The largest absolute Gasteiger partial charge is 0.507 e. The first kappa shape index (κ1) is 32.6. The summed E-state index contributed by atoms with van der Waals surface area (Å²) in [6, 6.07) is 35.3. The smallest absolute Gasteiger partial charge is 0.126 e. The van der Waals surface area contributed by atoms with E-state index in [1.807, 2.05) is 116 Å². The summed E-state index contributed by atoms with van der Waals surface area (Å²) in [6.45, 7) is 4.26. The molecule has 6 nitrogen and oxygen atoms in total. The highest BCUT2D eigenvalue weighted by atomic mass is 16.6. The Morgan fingerprint density at radius 2 is 1.19 bits per heavy atom. The van der Waals surface area contributed by atoms with E-state index in [1.54, 1.807) is 0 Å². The second-order valence-electron chi connectivity index (χ2n) is 9.17. The lowest BCUT2D eigenvalue weighted by atomic mass is 10.0. The first-order valence-corrected chi connectivity index (χ1v) is 14.1. The highest BCUT2D eigenvalue weighted by Gasteiger charge is 2.15. The van der Waals surface area contributed by atoms with Crippen LogP contribution in [-0.4, -0.2) is 49.9 Å². The molecular weight excluding hydrogens is 528 g/mol. The Balaban J connectivity index is 0.000000715. The fraction of sp³-hybridized carbons (Fsp3) is 0.278. The molecule has 0 bridgehead atoms. The van der Waals surface area contributed by atoms with Gasteiger partial charge in [-0.25, -0.2) is 0 Å². The minimum atomic E-state index is -0.296. The average molecular weight is 569 g/mol. The van der Waals surface area contributed by atoms with Gasteiger partial charge in [-0.3, -0.25) is 0 Å². The molecule has 0 saturated heterocycles. The Labute approximate surface area is 249 Å². The Bertz CT molecular complexity index is 1290. The Morgan fingerprint density at radius 3 is 1.79 bits per heavy atom. The van der Waals surface area contributed by atoms with Crippen molar-refractivity contribution in [2.45, 2.75) is 26.2 Å². The first-order chi connectivity index (χ1) is 20.7. The third-order valence-electron chi connectivity index (χ3n) is 6.00. The molecule has 42 heavy (non-hydrogen) atoms. The van der Waals surface area contributed by atoms with Gasteiger partial charge in [0.1, 0.15) is 11.9 Å². The second kappa shape index (κ2) is 20.0. The van der Waals surface area contributed by atoms with E-state index in [-0.39, 0.29) is 31.7 Å². The molecule has 0 saturated carbocycles. The Kier molecular flexibility index (Phi) is 15.5. The van der Waals surface area contributed by atoms with Gasteiger partial charge in [-0.2, -0.15) is 0 Å². The van der Waals surface area contributed by atoms with Crippen molar-refractivity contribution < 1.29 is 29.2 Å². The molecule has 0 amide bonds. The SMILES string of the molecule is CCOCc1cc(C#Cc2ccccc2)cc(COCC(OCCOCCO)c2ccccc2)c1O.c1ccccc1. The number of benzene rings is 4. The fourth-order valence-corrected chi connectivity index (χ4v) is 3.92. The maximum absolute atomic E-state index is 10.9. The van der Waals surface area contributed by atoms with Crippen molar-refractivity contribution in [3.8, 4) is 17.6 Å². The molecule has 0 aliphatic carbocycles. The van der Waals surface area contributed by atoms with Crippen LogP contribution in [0.5, 0.6) is 5.75 Å². The monoisotopic (exact) mass is 568 g/mol. The van der Waals surface area contributed by atoms with Crippen LogP contribution in [0.4, 0.5) is 0 Å². The van der Waals surface area contributed by atoms with Gasteiger partial charge < -0.3 is 29.2 Å². The molecule has 4 rings (SSSR count). The van der Waals surface area contributed by atoms with Gasteiger partial charge in [-0.15, -0.1) is 0 Å². The molecule has 0 aliphatic rings. The van der Waals surface area contributed by atoms with Gasteiger partial charge in [0.25, 0.3) is 0 Å². The van der Waals surface area contributed by atoms with Crippen LogP contribution in [-0.2, 0) is 32.2 Å². The molecule has 6 heteroatoms. The van der Waals surface area contributed by atoms with Crippen LogP contribution in [0.2, 0.25) is 0 Å². The second-order valence-corrected chi connectivity index (χ2v) is 9.17. The van der Waals surface area contributed by atoms with E-state index in [0.29, 0.717) is 44.2 Å². The zero-order valence-electron chi connectivity index (χ0n) is 24.2. The summed E-state index contributed by atoms with van der Waals surface area (Å²) in [7, 11) is 0. The van der Waals surface area contributed by atoms with Crippen LogP contribution in [0.3, 0.4) is 0 Å². The molecule has 4 aromatic carbocycles. The van der Waals surface area contributed by atoms with E-state index < -0.39 is 0 Å². The van der Waals surface area contributed by atoms with Crippen molar-refractivity contribution in [1.82, 2.24) is 0 Å². The van der Waals surface area contributed by atoms with Crippen LogP contribution in [0.1, 0.15) is 40.8 Å². The summed E-state index contributed by atoms with van der Waals surface area (Å²) < 4.78 is 22.9. The number of ether oxygens (including phenoxy) is 4. The van der Waals surface area contributed by atoms with E-state index in [4.69, 9.17) is 24.1 Å². The van der Waals surface area contributed by atoms with Gasteiger partial charge in [-0.1, -0.05) is 96.8 Å². The minimum absolute atomic E-state index is 0.0191. The lowest BCUT2D eigenvalue weighted by Crippen LogP contribution is -2.16. The number of hydrogen-bond donors (Lipinski definition) is 2. The Morgan fingerprint density at radius 1 is 0.643 bits per heavy atom.